The Hall–Kier alpha value is -3.19. The molecule has 0 aliphatic rings. The van der Waals surface area contributed by atoms with Gasteiger partial charge in [0.25, 0.3) is 5.69 Å². The molecule has 122 valence electrons. The van der Waals surface area contributed by atoms with Gasteiger partial charge in [0.05, 0.1) is 16.2 Å². The standard InChI is InChI=1S/C16H11ClN2O5/c17-11-4-7-14(13(9-11)16(21)22)18-15(20)8-3-10-1-5-12(6-2-10)19(23)24/h1-9H,(H,18,20)(H,21,22)/b8-3+. The van der Waals surface area contributed by atoms with Gasteiger partial charge in [-0.05, 0) is 42.0 Å². The summed E-state index contributed by atoms with van der Waals surface area (Å²) in [5.74, 6) is -1.76. The van der Waals surface area contributed by atoms with Crippen molar-refractivity contribution in [3.63, 3.8) is 0 Å². The van der Waals surface area contributed by atoms with E-state index < -0.39 is 16.8 Å². The summed E-state index contributed by atoms with van der Waals surface area (Å²) in [7, 11) is 0. The van der Waals surface area contributed by atoms with E-state index in [1.807, 2.05) is 0 Å². The molecule has 0 spiro atoms. The summed E-state index contributed by atoms with van der Waals surface area (Å²) in [5.41, 5.74) is 0.527. The number of carboxylic acid groups (broad SMARTS) is 1. The van der Waals surface area contributed by atoms with E-state index in [-0.39, 0.29) is 22.0 Å². The van der Waals surface area contributed by atoms with E-state index in [4.69, 9.17) is 16.7 Å². The zero-order chi connectivity index (χ0) is 17.7. The summed E-state index contributed by atoms with van der Waals surface area (Å²) >= 11 is 5.74. The summed E-state index contributed by atoms with van der Waals surface area (Å²) in [6.07, 6.45) is 2.65. The van der Waals surface area contributed by atoms with Gasteiger partial charge >= 0.3 is 5.97 Å². The number of nitro benzene ring substituents is 1. The van der Waals surface area contributed by atoms with E-state index in [9.17, 15) is 19.7 Å². The molecule has 0 heterocycles. The molecule has 0 aliphatic carbocycles. The topological polar surface area (TPSA) is 110 Å². The van der Waals surface area contributed by atoms with Crippen molar-refractivity contribution < 1.29 is 19.6 Å². The fourth-order valence-electron chi connectivity index (χ4n) is 1.86. The van der Waals surface area contributed by atoms with Gasteiger partial charge in [-0.25, -0.2) is 4.79 Å². The summed E-state index contributed by atoms with van der Waals surface area (Å²) in [4.78, 5) is 33.1. The molecular weight excluding hydrogens is 336 g/mol. The van der Waals surface area contributed by atoms with Crippen LogP contribution in [0.1, 0.15) is 15.9 Å². The van der Waals surface area contributed by atoms with Gasteiger partial charge < -0.3 is 10.4 Å². The molecule has 2 aromatic carbocycles. The molecule has 2 N–H and O–H groups in total. The lowest BCUT2D eigenvalue weighted by molar-refractivity contribution is -0.384. The van der Waals surface area contributed by atoms with Gasteiger partial charge in [-0.2, -0.15) is 0 Å². The first-order valence-corrected chi connectivity index (χ1v) is 7.01. The van der Waals surface area contributed by atoms with Gasteiger partial charge in [0, 0.05) is 23.2 Å². The van der Waals surface area contributed by atoms with Gasteiger partial charge in [-0.15, -0.1) is 0 Å². The number of rotatable bonds is 5. The minimum absolute atomic E-state index is 0.0520. The van der Waals surface area contributed by atoms with Gasteiger partial charge in [-0.3, -0.25) is 14.9 Å². The third-order valence-corrected chi connectivity index (χ3v) is 3.24. The van der Waals surface area contributed by atoms with E-state index in [0.29, 0.717) is 5.56 Å². The second kappa shape index (κ2) is 7.38. The second-order valence-electron chi connectivity index (χ2n) is 4.67. The number of carbonyl (C=O) groups excluding carboxylic acids is 1. The highest BCUT2D eigenvalue weighted by molar-refractivity contribution is 6.31. The number of nitro groups is 1. The van der Waals surface area contributed by atoms with Gasteiger partial charge in [0.15, 0.2) is 0 Å². The molecule has 0 atom stereocenters. The largest absolute Gasteiger partial charge is 0.478 e. The number of aromatic carboxylic acids is 1. The SMILES string of the molecule is O=C(/C=C/c1ccc([N+](=O)[O-])cc1)Nc1ccc(Cl)cc1C(=O)O. The highest BCUT2D eigenvalue weighted by Gasteiger charge is 2.12. The molecule has 0 aromatic heterocycles. The van der Waals surface area contributed by atoms with Crippen LogP contribution < -0.4 is 5.32 Å². The van der Waals surface area contributed by atoms with Crippen LogP contribution in [0.25, 0.3) is 6.08 Å². The number of carbonyl (C=O) groups is 2. The highest BCUT2D eigenvalue weighted by Crippen LogP contribution is 2.21. The van der Waals surface area contributed by atoms with Crippen molar-refractivity contribution in [3.05, 3.63) is 74.8 Å². The molecule has 0 saturated heterocycles. The van der Waals surface area contributed by atoms with Crippen LogP contribution in [0.2, 0.25) is 5.02 Å². The Labute approximate surface area is 141 Å². The number of benzene rings is 2. The summed E-state index contributed by atoms with van der Waals surface area (Å²) < 4.78 is 0. The van der Waals surface area contributed by atoms with Crippen LogP contribution in [0, 0.1) is 10.1 Å². The zero-order valence-electron chi connectivity index (χ0n) is 12.1. The van der Waals surface area contributed by atoms with Crippen LogP contribution in [0.3, 0.4) is 0 Å². The predicted molar refractivity (Wildman–Crippen MR) is 89.2 cm³/mol. The predicted octanol–water partition coefficient (Wildman–Crippen LogP) is 3.60. The Bertz CT molecular complexity index is 831. The van der Waals surface area contributed by atoms with Crippen LogP contribution in [-0.2, 0) is 4.79 Å². The molecule has 0 aliphatic heterocycles. The molecule has 0 saturated carbocycles. The molecule has 0 unspecified atom stereocenters. The maximum atomic E-state index is 11.9. The number of hydrogen-bond donors (Lipinski definition) is 2. The van der Waals surface area contributed by atoms with Gasteiger partial charge in [-0.1, -0.05) is 11.6 Å². The summed E-state index contributed by atoms with van der Waals surface area (Å²) in [5, 5.41) is 22.3. The molecule has 2 rings (SSSR count). The lowest BCUT2D eigenvalue weighted by atomic mass is 10.1. The quantitative estimate of drug-likeness (QED) is 0.488. The van der Waals surface area contributed by atoms with E-state index in [2.05, 4.69) is 5.32 Å². The van der Waals surface area contributed by atoms with Crippen molar-refractivity contribution >= 4 is 40.9 Å². The van der Waals surface area contributed by atoms with Crippen LogP contribution in [-0.4, -0.2) is 21.9 Å². The van der Waals surface area contributed by atoms with Crippen LogP contribution in [0.15, 0.2) is 48.5 Å². The number of hydrogen-bond acceptors (Lipinski definition) is 4. The third-order valence-electron chi connectivity index (χ3n) is 3.00. The normalized spacial score (nSPS) is 10.5. The number of halogens is 1. The van der Waals surface area contributed by atoms with E-state index in [1.54, 1.807) is 0 Å². The van der Waals surface area contributed by atoms with Crippen LogP contribution in [0.5, 0.6) is 0 Å². The average molecular weight is 347 g/mol. The average Bonchev–Trinajstić information content (AvgIpc) is 2.54. The number of carboxylic acids is 1. The Morgan fingerprint density at radius 1 is 1.17 bits per heavy atom. The number of anilines is 1. The Morgan fingerprint density at radius 2 is 1.83 bits per heavy atom. The van der Waals surface area contributed by atoms with Crippen molar-refractivity contribution in [2.24, 2.45) is 0 Å². The Kier molecular flexibility index (Phi) is 5.28. The van der Waals surface area contributed by atoms with E-state index >= 15 is 0 Å². The zero-order valence-corrected chi connectivity index (χ0v) is 12.9. The smallest absolute Gasteiger partial charge is 0.337 e. The molecule has 2 aromatic rings. The molecule has 7 nitrogen and oxygen atoms in total. The minimum atomic E-state index is -1.22. The molecule has 0 bridgehead atoms. The molecule has 0 fully saturated rings. The van der Waals surface area contributed by atoms with Crippen molar-refractivity contribution in [1.82, 2.24) is 0 Å². The van der Waals surface area contributed by atoms with E-state index in [0.717, 1.165) is 0 Å². The van der Waals surface area contributed by atoms with Crippen molar-refractivity contribution in [3.8, 4) is 0 Å². The maximum absolute atomic E-state index is 11.9. The molecule has 0 radical (unpaired) electrons. The number of amides is 1. The lowest BCUT2D eigenvalue weighted by Crippen LogP contribution is -2.12. The third kappa shape index (κ3) is 4.40. The van der Waals surface area contributed by atoms with Crippen molar-refractivity contribution in [1.29, 1.82) is 0 Å². The second-order valence-corrected chi connectivity index (χ2v) is 5.10. The number of nitrogens with zero attached hydrogens (tertiary/aromatic N) is 1. The summed E-state index contributed by atoms with van der Waals surface area (Å²) in [6, 6.07) is 9.71. The first-order valence-electron chi connectivity index (χ1n) is 6.63. The molecule has 1 amide bonds. The molecular formula is C16H11ClN2O5. The number of non-ortho nitro benzene ring substituents is 1. The van der Waals surface area contributed by atoms with Crippen molar-refractivity contribution in [2.45, 2.75) is 0 Å². The monoisotopic (exact) mass is 346 g/mol. The minimum Gasteiger partial charge on any atom is -0.478 e. The maximum Gasteiger partial charge on any atom is 0.337 e. The number of nitrogens with one attached hydrogen (secondary N) is 1. The fraction of sp³-hybridized carbons (Fsp3) is 0. The molecule has 24 heavy (non-hydrogen) atoms. The summed E-state index contributed by atoms with van der Waals surface area (Å²) in [6.45, 7) is 0. The Morgan fingerprint density at radius 3 is 2.42 bits per heavy atom. The van der Waals surface area contributed by atoms with Crippen LogP contribution in [0.4, 0.5) is 11.4 Å². The van der Waals surface area contributed by atoms with Gasteiger partial charge in [0.2, 0.25) is 5.91 Å². The highest BCUT2D eigenvalue weighted by atomic mass is 35.5. The first kappa shape index (κ1) is 17.2. The van der Waals surface area contributed by atoms with E-state index in [1.165, 1.54) is 54.6 Å². The molecule has 8 heteroatoms. The van der Waals surface area contributed by atoms with Crippen LogP contribution >= 0.6 is 11.6 Å². The first-order chi connectivity index (χ1) is 11.4. The lowest BCUT2D eigenvalue weighted by Gasteiger charge is -2.06. The fourth-order valence-corrected chi connectivity index (χ4v) is 2.03. The van der Waals surface area contributed by atoms with Crippen molar-refractivity contribution in [2.75, 3.05) is 5.32 Å². The Balaban J connectivity index is 2.10. The van der Waals surface area contributed by atoms with Gasteiger partial charge in [0.1, 0.15) is 0 Å².